The summed E-state index contributed by atoms with van der Waals surface area (Å²) in [5, 5.41) is 9.60. The largest absolute Gasteiger partial charge is 0.393 e. The summed E-state index contributed by atoms with van der Waals surface area (Å²) in [5.74, 6) is 0.813. The van der Waals surface area contributed by atoms with Gasteiger partial charge in [-0.05, 0) is 51.4 Å². The molecule has 0 aromatic carbocycles. The maximum Gasteiger partial charge on any atom is 0.0574 e. The van der Waals surface area contributed by atoms with Gasteiger partial charge >= 0.3 is 0 Å². The van der Waals surface area contributed by atoms with E-state index in [1.54, 1.807) is 0 Å². The molecule has 1 unspecified atom stereocenters. The maximum absolute atomic E-state index is 9.60. The zero-order chi connectivity index (χ0) is 16.6. The van der Waals surface area contributed by atoms with Crippen LogP contribution in [0, 0.1) is 5.92 Å². The van der Waals surface area contributed by atoms with Crippen LogP contribution < -0.4 is 0 Å². The van der Waals surface area contributed by atoms with Gasteiger partial charge in [0.15, 0.2) is 0 Å². The van der Waals surface area contributed by atoms with Gasteiger partial charge in [0.2, 0.25) is 0 Å². The Kier molecular flexibility index (Phi) is 14.9. The van der Waals surface area contributed by atoms with E-state index >= 15 is 0 Å². The Morgan fingerprint density at radius 2 is 1.77 bits per heavy atom. The molecule has 1 atom stereocenters. The van der Waals surface area contributed by atoms with Crippen molar-refractivity contribution in [3.8, 4) is 0 Å². The Bertz CT molecular complexity index is 274. The van der Waals surface area contributed by atoms with Gasteiger partial charge in [0.05, 0.1) is 6.10 Å². The fourth-order valence-electron chi connectivity index (χ4n) is 2.81. The first-order valence-electron chi connectivity index (χ1n) is 9.59. The molecule has 1 N–H and O–H groups in total. The number of aliphatic hydroxyl groups excluding tert-OH is 1. The quantitative estimate of drug-likeness (QED) is 0.347. The van der Waals surface area contributed by atoms with Gasteiger partial charge in [0.1, 0.15) is 0 Å². The Morgan fingerprint density at radius 3 is 2.32 bits per heavy atom. The summed E-state index contributed by atoms with van der Waals surface area (Å²) >= 11 is 0. The summed E-state index contributed by atoms with van der Waals surface area (Å²) in [4.78, 5) is 0. The van der Waals surface area contributed by atoms with Gasteiger partial charge in [0.25, 0.3) is 0 Å². The highest BCUT2D eigenvalue weighted by Gasteiger charge is 2.11. The molecule has 1 aliphatic rings. The topological polar surface area (TPSA) is 20.2 Å². The van der Waals surface area contributed by atoms with Gasteiger partial charge in [-0.1, -0.05) is 70.1 Å². The zero-order valence-corrected chi connectivity index (χ0v) is 15.4. The lowest BCUT2D eigenvalue weighted by Gasteiger charge is -2.06. The van der Waals surface area contributed by atoms with Crippen LogP contribution in [0.4, 0.5) is 0 Å². The summed E-state index contributed by atoms with van der Waals surface area (Å²) in [6.07, 6.45) is 19.3. The van der Waals surface area contributed by atoms with Crippen molar-refractivity contribution < 1.29 is 5.11 Å². The first-order chi connectivity index (χ1) is 10.6. The molecule has 0 aliphatic heterocycles. The van der Waals surface area contributed by atoms with E-state index in [2.05, 4.69) is 39.5 Å². The van der Waals surface area contributed by atoms with Crippen LogP contribution in [-0.2, 0) is 0 Å². The minimum atomic E-state index is -0.104. The third-order valence-electron chi connectivity index (χ3n) is 4.31. The van der Waals surface area contributed by atoms with Gasteiger partial charge in [-0.3, -0.25) is 0 Å². The summed E-state index contributed by atoms with van der Waals surface area (Å²) in [5.41, 5.74) is 1.32. The van der Waals surface area contributed by atoms with E-state index in [1.165, 1.54) is 63.4 Å². The Labute approximate surface area is 139 Å². The molecule has 1 aliphatic carbocycles. The van der Waals surface area contributed by atoms with Gasteiger partial charge in [-0.25, -0.2) is 0 Å². The zero-order valence-electron chi connectivity index (χ0n) is 15.4. The van der Waals surface area contributed by atoms with Gasteiger partial charge in [0, 0.05) is 0 Å². The molecule has 0 spiro atoms. The fraction of sp³-hybridized carbons (Fsp3) is 0.810. The van der Waals surface area contributed by atoms with Crippen molar-refractivity contribution >= 4 is 0 Å². The minimum Gasteiger partial charge on any atom is -0.393 e. The second-order valence-electron chi connectivity index (χ2n) is 6.92. The number of hydrogen-bond acceptors (Lipinski definition) is 1. The van der Waals surface area contributed by atoms with E-state index < -0.39 is 0 Å². The summed E-state index contributed by atoms with van der Waals surface area (Å²) in [7, 11) is 0. The third kappa shape index (κ3) is 14.4. The average molecular weight is 309 g/mol. The monoisotopic (exact) mass is 308 g/mol. The van der Waals surface area contributed by atoms with Crippen molar-refractivity contribution in [1.29, 1.82) is 0 Å². The van der Waals surface area contributed by atoms with Crippen LogP contribution in [-0.4, -0.2) is 11.2 Å². The second-order valence-corrected chi connectivity index (χ2v) is 6.92. The van der Waals surface area contributed by atoms with Crippen molar-refractivity contribution in [2.45, 2.75) is 104 Å². The normalized spacial score (nSPS) is 16.5. The lowest BCUT2D eigenvalue weighted by atomic mass is 10.1. The van der Waals surface area contributed by atoms with Crippen molar-refractivity contribution in [3.05, 3.63) is 24.3 Å². The Balaban J connectivity index is 0.000000472. The molecule has 0 saturated heterocycles. The highest BCUT2D eigenvalue weighted by molar-refractivity contribution is 4.91. The molecule has 0 heterocycles. The highest BCUT2D eigenvalue weighted by atomic mass is 16.3. The van der Waals surface area contributed by atoms with Gasteiger partial charge in [-0.2, -0.15) is 0 Å². The number of aliphatic hydroxyl groups is 1. The van der Waals surface area contributed by atoms with Crippen LogP contribution in [0.1, 0.15) is 97.8 Å². The lowest BCUT2D eigenvalue weighted by molar-refractivity contribution is 0.164. The maximum atomic E-state index is 9.60. The predicted molar refractivity (Wildman–Crippen MR) is 100 cm³/mol. The summed E-state index contributed by atoms with van der Waals surface area (Å²) in [6.45, 7) is 10.3. The lowest BCUT2D eigenvalue weighted by Crippen LogP contribution is -2.04. The van der Waals surface area contributed by atoms with Gasteiger partial charge < -0.3 is 5.11 Å². The molecule has 130 valence electrons. The molecule has 1 fully saturated rings. The van der Waals surface area contributed by atoms with E-state index in [0.29, 0.717) is 0 Å². The molecule has 1 nitrogen and oxygen atoms in total. The molecule has 1 rings (SSSR count). The Hall–Kier alpha value is -0.560. The number of hydrogen-bond donors (Lipinski definition) is 1. The van der Waals surface area contributed by atoms with Crippen molar-refractivity contribution in [1.82, 2.24) is 0 Å². The van der Waals surface area contributed by atoms with Crippen LogP contribution in [0.15, 0.2) is 24.3 Å². The second kappa shape index (κ2) is 15.3. The standard InChI is InChI=1S/C13H24O.C8H16/c1-2-3-10-13(14)11-6-9-12-7-4-5-8-12;1-4-5-6-7-8(2)3/h6,9,12-14H,2-5,7-8,10-11H2,1H3;2,4-7H2,1,3H3/b9-6+;. The molecule has 0 aromatic heterocycles. The SMILES string of the molecule is C=C(C)CCCCC.CCCCC(O)C/C=C/C1CCCC1. The van der Waals surface area contributed by atoms with Crippen LogP contribution in [0.3, 0.4) is 0 Å². The van der Waals surface area contributed by atoms with Crippen LogP contribution in [0.25, 0.3) is 0 Å². The molecule has 0 bridgehead atoms. The van der Waals surface area contributed by atoms with Gasteiger partial charge in [-0.15, -0.1) is 6.58 Å². The Morgan fingerprint density at radius 1 is 1.14 bits per heavy atom. The van der Waals surface area contributed by atoms with Crippen molar-refractivity contribution in [2.24, 2.45) is 5.92 Å². The molecule has 1 saturated carbocycles. The van der Waals surface area contributed by atoms with Crippen LogP contribution >= 0.6 is 0 Å². The molecule has 22 heavy (non-hydrogen) atoms. The number of allylic oxidation sites excluding steroid dienone is 2. The summed E-state index contributed by atoms with van der Waals surface area (Å²) in [6, 6.07) is 0. The van der Waals surface area contributed by atoms with Crippen LogP contribution in [0.2, 0.25) is 0 Å². The smallest absolute Gasteiger partial charge is 0.0574 e. The van der Waals surface area contributed by atoms with E-state index in [-0.39, 0.29) is 6.10 Å². The van der Waals surface area contributed by atoms with Crippen molar-refractivity contribution in [2.75, 3.05) is 0 Å². The highest BCUT2D eigenvalue weighted by Crippen LogP contribution is 2.25. The molecular weight excluding hydrogens is 268 g/mol. The average Bonchev–Trinajstić information content (AvgIpc) is 2.99. The molecular formula is C21H40O. The number of unbranched alkanes of at least 4 members (excludes halogenated alkanes) is 3. The van der Waals surface area contributed by atoms with Crippen LogP contribution in [0.5, 0.6) is 0 Å². The third-order valence-corrected chi connectivity index (χ3v) is 4.31. The fourth-order valence-corrected chi connectivity index (χ4v) is 2.81. The van der Waals surface area contributed by atoms with E-state index in [0.717, 1.165) is 25.2 Å². The molecule has 0 radical (unpaired) electrons. The van der Waals surface area contributed by atoms with E-state index in [4.69, 9.17) is 0 Å². The first kappa shape index (κ1) is 21.4. The van der Waals surface area contributed by atoms with E-state index in [1.807, 2.05) is 0 Å². The molecule has 1 heteroatoms. The minimum absolute atomic E-state index is 0.104. The molecule has 0 amide bonds. The predicted octanol–water partition coefficient (Wildman–Crippen LogP) is 6.82. The van der Waals surface area contributed by atoms with E-state index in [9.17, 15) is 5.11 Å². The summed E-state index contributed by atoms with van der Waals surface area (Å²) < 4.78 is 0. The number of rotatable bonds is 10. The molecule has 0 aromatic rings. The first-order valence-corrected chi connectivity index (χ1v) is 9.59. The van der Waals surface area contributed by atoms with Crippen molar-refractivity contribution in [3.63, 3.8) is 0 Å².